The van der Waals surface area contributed by atoms with Crippen LogP contribution in [0.3, 0.4) is 0 Å². The monoisotopic (exact) mass is 591 g/mol. The molecule has 0 bridgehead atoms. The third kappa shape index (κ3) is 4.40. The van der Waals surface area contributed by atoms with Gasteiger partial charge in [-0.05, 0) is 75.6 Å². The van der Waals surface area contributed by atoms with E-state index in [2.05, 4.69) is 45.3 Å². The molecule has 38 heavy (non-hydrogen) atoms. The standard InChI is InChI=1S/C30H30BrN3O3S/c1-17-5-8-25(36-14-18-6-7-20(31)10-19(18)12-32)21(9-17)24-15-38-28(33-24)34-13-23-26(22-11-30(22,23)16-34)27(35)37-29(2,3)4/h5-10,15,22-23,26H,11,13-14,16H2,1-4H3. The van der Waals surface area contributed by atoms with E-state index in [9.17, 15) is 10.1 Å². The number of thiazole rings is 1. The smallest absolute Gasteiger partial charge is 0.310 e. The number of ether oxygens (including phenoxy) is 2. The van der Waals surface area contributed by atoms with E-state index in [1.165, 1.54) is 0 Å². The van der Waals surface area contributed by atoms with Crippen molar-refractivity contribution in [3.05, 3.63) is 62.9 Å². The largest absolute Gasteiger partial charge is 0.488 e. The zero-order chi connectivity index (χ0) is 26.8. The van der Waals surface area contributed by atoms with Crippen LogP contribution in [0.5, 0.6) is 5.75 Å². The van der Waals surface area contributed by atoms with E-state index in [0.29, 0.717) is 24.0 Å². The van der Waals surface area contributed by atoms with Crippen molar-refractivity contribution in [2.45, 2.75) is 46.3 Å². The minimum Gasteiger partial charge on any atom is -0.488 e. The van der Waals surface area contributed by atoms with Gasteiger partial charge < -0.3 is 14.4 Å². The number of nitriles is 1. The number of carbonyl (C=O) groups excluding carboxylic acids is 1. The first-order chi connectivity index (χ1) is 18.1. The number of hydrogen-bond acceptors (Lipinski definition) is 7. The van der Waals surface area contributed by atoms with Gasteiger partial charge in [-0.1, -0.05) is 33.6 Å². The van der Waals surface area contributed by atoms with Crippen LogP contribution >= 0.6 is 27.3 Å². The fourth-order valence-electron chi connectivity index (χ4n) is 6.31. The van der Waals surface area contributed by atoms with Gasteiger partial charge in [0.05, 0.1) is 23.2 Å². The number of esters is 1. The zero-order valence-corrected chi connectivity index (χ0v) is 24.4. The minimum atomic E-state index is -0.451. The van der Waals surface area contributed by atoms with Crippen LogP contribution < -0.4 is 9.64 Å². The Morgan fingerprint density at radius 1 is 1.26 bits per heavy atom. The van der Waals surface area contributed by atoms with Crippen molar-refractivity contribution in [1.82, 2.24) is 4.98 Å². The van der Waals surface area contributed by atoms with Gasteiger partial charge in [-0.3, -0.25) is 4.79 Å². The Morgan fingerprint density at radius 2 is 2.08 bits per heavy atom. The molecule has 4 unspecified atom stereocenters. The molecule has 2 aromatic carbocycles. The number of benzene rings is 2. The first-order valence-corrected chi connectivity index (χ1v) is 14.6. The molecule has 6 nitrogen and oxygen atoms in total. The van der Waals surface area contributed by atoms with Gasteiger partial charge in [0.2, 0.25) is 0 Å². The predicted molar refractivity (Wildman–Crippen MR) is 151 cm³/mol. The van der Waals surface area contributed by atoms with E-state index in [-0.39, 0.29) is 17.3 Å². The molecule has 2 heterocycles. The molecule has 1 saturated heterocycles. The molecule has 1 spiro atoms. The van der Waals surface area contributed by atoms with Crippen LogP contribution in [-0.2, 0) is 16.1 Å². The van der Waals surface area contributed by atoms with E-state index >= 15 is 0 Å². The van der Waals surface area contributed by atoms with Crippen LogP contribution in [-0.4, -0.2) is 29.6 Å². The molecule has 3 fully saturated rings. The molecule has 6 rings (SSSR count). The summed E-state index contributed by atoms with van der Waals surface area (Å²) in [4.78, 5) is 20.2. The van der Waals surface area contributed by atoms with Crippen LogP contribution in [0.2, 0.25) is 0 Å². The number of aryl methyl sites for hydroxylation is 1. The van der Waals surface area contributed by atoms with Crippen LogP contribution in [0.15, 0.2) is 46.3 Å². The van der Waals surface area contributed by atoms with Crippen LogP contribution in [0.1, 0.15) is 43.9 Å². The molecule has 196 valence electrons. The van der Waals surface area contributed by atoms with Gasteiger partial charge in [-0.15, -0.1) is 11.3 Å². The Balaban J connectivity index is 1.19. The second-order valence-corrected chi connectivity index (χ2v) is 13.6. The summed E-state index contributed by atoms with van der Waals surface area (Å²) in [7, 11) is 0. The molecule has 2 saturated carbocycles. The lowest BCUT2D eigenvalue weighted by Gasteiger charge is -2.38. The summed E-state index contributed by atoms with van der Waals surface area (Å²) in [5, 5.41) is 12.6. The molecule has 4 atom stereocenters. The number of halogens is 1. The molecular weight excluding hydrogens is 562 g/mol. The second-order valence-electron chi connectivity index (χ2n) is 11.8. The number of carbonyl (C=O) groups is 1. The Hall–Kier alpha value is -2.89. The molecule has 3 aliphatic rings. The normalized spacial score (nSPS) is 25.2. The van der Waals surface area contributed by atoms with Crippen molar-refractivity contribution in [2.75, 3.05) is 18.0 Å². The van der Waals surface area contributed by atoms with E-state index in [4.69, 9.17) is 14.5 Å². The van der Waals surface area contributed by atoms with Crippen LogP contribution in [0.25, 0.3) is 11.3 Å². The summed E-state index contributed by atoms with van der Waals surface area (Å²) in [5.41, 5.74) is 4.21. The zero-order valence-electron chi connectivity index (χ0n) is 22.0. The molecular formula is C30H30BrN3O3S. The SMILES string of the molecule is Cc1ccc(OCc2ccc(Br)cc2C#N)c(-c2csc(N3CC4C(C(=O)OC(C)(C)C)C5CC45C3)n2)c1. The van der Waals surface area contributed by atoms with Gasteiger partial charge >= 0.3 is 5.97 Å². The first-order valence-electron chi connectivity index (χ1n) is 12.9. The molecule has 2 aliphatic carbocycles. The molecule has 1 aromatic heterocycles. The first kappa shape index (κ1) is 25.4. The maximum atomic E-state index is 12.9. The van der Waals surface area contributed by atoms with Gasteiger partial charge in [0.25, 0.3) is 0 Å². The van der Waals surface area contributed by atoms with Gasteiger partial charge in [0, 0.05) is 34.1 Å². The average molecular weight is 593 g/mol. The number of aromatic nitrogens is 1. The summed E-state index contributed by atoms with van der Waals surface area (Å²) in [5.74, 6) is 1.54. The number of hydrogen-bond donors (Lipinski definition) is 0. The fourth-order valence-corrected chi connectivity index (χ4v) is 7.51. The molecule has 0 N–H and O–H groups in total. The third-order valence-corrected chi connectivity index (χ3v) is 9.51. The quantitative estimate of drug-likeness (QED) is 0.295. The highest BCUT2D eigenvalue weighted by Gasteiger charge is 2.78. The Labute approximate surface area is 235 Å². The van der Waals surface area contributed by atoms with Gasteiger partial charge in [-0.2, -0.15) is 5.26 Å². The fraction of sp³-hybridized carbons (Fsp3) is 0.433. The third-order valence-electron chi connectivity index (χ3n) is 8.11. The summed E-state index contributed by atoms with van der Waals surface area (Å²) >= 11 is 5.07. The Kier molecular flexibility index (Phi) is 6.08. The summed E-state index contributed by atoms with van der Waals surface area (Å²) in [6.07, 6.45) is 1.12. The van der Waals surface area contributed by atoms with Gasteiger partial charge in [-0.25, -0.2) is 4.98 Å². The van der Waals surface area contributed by atoms with Crippen molar-refractivity contribution >= 4 is 38.4 Å². The number of anilines is 1. The van der Waals surface area contributed by atoms with E-state index in [0.717, 1.165) is 57.2 Å². The van der Waals surface area contributed by atoms with Gasteiger partial charge in [0.1, 0.15) is 18.0 Å². The summed E-state index contributed by atoms with van der Waals surface area (Å²) in [6.45, 7) is 9.99. The molecule has 0 amide bonds. The molecule has 1 aliphatic heterocycles. The lowest BCUT2D eigenvalue weighted by molar-refractivity contribution is -0.168. The summed E-state index contributed by atoms with van der Waals surface area (Å²) < 4.78 is 12.8. The van der Waals surface area contributed by atoms with E-state index in [1.54, 1.807) is 11.3 Å². The highest BCUT2D eigenvalue weighted by Crippen LogP contribution is 2.77. The minimum absolute atomic E-state index is 0.0207. The second kappa shape index (κ2) is 9.10. The van der Waals surface area contributed by atoms with Gasteiger partial charge in [0.15, 0.2) is 5.13 Å². The predicted octanol–water partition coefficient (Wildman–Crippen LogP) is 6.75. The number of nitrogens with zero attached hydrogens (tertiary/aromatic N) is 3. The average Bonchev–Trinajstić information content (AvgIpc) is 3.13. The highest BCUT2D eigenvalue weighted by molar-refractivity contribution is 9.10. The topological polar surface area (TPSA) is 75.5 Å². The van der Waals surface area contributed by atoms with Crippen molar-refractivity contribution in [3.8, 4) is 23.1 Å². The molecule has 3 aromatic rings. The molecule has 0 radical (unpaired) electrons. The van der Waals surface area contributed by atoms with E-state index < -0.39 is 5.60 Å². The van der Waals surface area contributed by atoms with Crippen LogP contribution in [0, 0.1) is 41.4 Å². The Bertz CT molecular complexity index is 1470. The maximum absolute atomic E-state index is 12.9. The van der Waals surface area contributed by atoms with Crippen molar-refractivity contribution < 1.29 is 14.3 Å². The highest BCUT2D eigenvalue weighted by atomic mass is 79.9. The molecule has 8 heteroatoms. The summed E-state index contributed by atoms with van der Waals surface area (Å²) in [6, 6.07) is 14.0. The Morgan fingerprint density at radius 3 is 2.84 bits per heavy atom. The lowest BCUT2D eigenvalue weighted by atomic mass is 9.66. The van der Waals surface area contributed by atoms with E-state index in [1.807, 2.05) is 51.1 Å². The van der Waals surface area contributed by atoms with Crippen molar-refractivity contribution in [3.63, 3.8) is 0 Å². The maximum Gasteiger partial charge on any atom is 0.310 e. The lowest BCUT2D eigenvalue weighted by Crippen LogP contribution is -2.45. The number of rotatable bonds is 6. The van der Waals surface area contributed by atoms with Crippen molar-refractivity contribution in [1.29, 1.82) is 5.26 Å². The van der Waals surface area contributed by atoms with Crippen molar-refractivity contribution in [2.24, 2.45) is 23.2 Å². The van der Waals surface area contributed by atoms with Crippen LogP contribution in [0.4, 0.5) is 5.13 Å².